The van der Waals surface area contributed by atoms with E-state index in [9.17, 15) is 8.78 Å². The van der Waals surface area contributed by atoms with Gasteiger partial charge in [-0.15, -0.1) is 0 Å². The Morgan fingerprint density at radius 1 is 1.20 bits per heavy atom. The number of ether oxygens (including phenoxy) is 2. The summed E-state index contributed by atoms with van der Waals surface area (Å²) in [6, 6.07) is 6.95. The summed E-state index contributed by atoms with van der Waals surface area (Å²) >= 11 is 0. The van der Waals surface area contributed by atoms with E-state index in [1.807, 2.05) is 0 Å². The van der Waals surface area contributed by atoms with E-state index < -0.39 is 6.61 Å². The van der Waals surface area contributed by atoms with Crippen molar-refractivity contribution in [2.45, 2.75) is 26.1 Å². The van der Waals surface area contributed by atoms with E-state index in [1.54, 1.807) is 31.4 Å². The van der Waals surface area contributed by atoms with E-state index in [-0.39, 0.29) is 5.75 Å². The Labute approximate surface area is 118 Å². The molecule has 0 fully saturated rings. The van der Waals surface area contributed by atoms with Crippen LogP contribution >= 0.6 is 0 Å². The minimum absolute atomic E-state index is 0.179. The second-order valence-corrected chi connectivity index (χ2v) is 4.50. The minimum atomic E-state index is -2.78. The maximum Gasteiger partial charge on any atom is 0.387 e. The zero-order valence-corrected chi connectivity index (χ0v) is 11.9. The Balaban J connectivity index is 2.23. The highest BCUT2D eigenvalue weighted by Gasteiger charge is 2.04. The average molecular weight is 288 g/mol. The summed E-state index contributed by atoms with van der Waals surface area (Å²) in [7, 11) is 1.67. The van der Waals surface area contributed by atoms with Gasteiger partial charge in [0.2, 0.25) is 0 Å². The molecule has 1 unspecified atom stereocenters. The summed E-state index contributed by atoms with van der Waals surface area (Å²) in [6.07, 6.45) is 0. The van der Waals surface area contributed by atoms with Gasteiger partial charge >= 0.3 is 6.61 Å². The van der Waals surface area contributed by atoms with E-state index in [0.717, 1.165) is 18.7 Å². The van der Waals surface area contributed by atoms with Crippen LogP contribution in [0.4, 0.5) is 8.78 Å². The number of halogens is 2. The maximum atomic E-state index is 12.0. The molecule has 114 valence electrons. The van der Waals surface area contributed by atoms with Crippen LogP contribution < -0.4 is 15.4 Å². The number of rotatable bonds is 10. The number of methoxy groups -OCH3 is 1. The van der Waals surface area contributed by atoms with Gasteiger partial charge in [0.05, 0.1) is 6.61 Å². The molecule has 1 atom stereocenters. The van der Waals surface area contributed by atoms with Crippen LogP contribution in [0, 0.1) is 0 Å². The van der Waals surface area contributed by atoms with Crippen LogP contribution in [0.3, 0.4) is 0 Å². The first-order chi connectivity index (χ1) is 9.61. The van der Waals surface area contributed by atoms with Crippen LogP contribution in [0.15, 0.2) is 24.3 Å². The van der Waals surface area contributed by atoms with Crippen molar-refractivity contribution in [1.29, 1.82) is 0 Å². The fraction of sp³-hybridized carbons (Fsp3) is 0.571. The van der Waals surface area contributed by atoms with Gasteiger partial charge in [0.1, 0.15) is 5.75 Å². The van der Waals surface area contributed by atoms with Crippen LogP contribution in [-0.2, 0) is 11.3 Å². The highest BCUT2D eigenvalue weighted by molar-refractivity contribution is 5.27. The summed E-state index contributed by atoms with van der Waals surface area (Å²) in [5, 5.41) is 6.61. The van der Waals surface area contributed by atoms with Crippen LogP contribution in [0.25, 0.3) is 0 Å². The van der Waals surface area contributed by atoms with E-state index in [4.69, 9.17) is 4.74 Å². The highest BCUT2D eigenvalue weighted by Crippen LogP contribution is 2.14. The summed E-state index contributed by atoms with van der Waals surface area (Å²) in [6.45, 7) is 2.34. The number of hydrogen-bond acceptors (Lipinski definition) is 4. The van der Waals surface area contributed by atoms with Gasteiger partial charge in [-0.25, -0.2) is 0 Å². The molecule has 0 spiro atoms. The standard InChI is InChI=1S/C14H22F2N2O2/c1-11(9-17-7-8-19-2)18-10-12-3-5-13(6-4-12)20-14(15)16/h3-6,11,14,17-18H,7-10H2,1-2H3. The van der Waals surface area contributed by atoms with Crippen molar-refractivity contribution in [1.82, 2.24) is 10.6 Å². The van der Waals surface area contributed by atoms with Gasteiger partial charge in [-0.05, 0) is 24.6 Å². The Hall–Kier alpha value is -1.24. The second-order valence-electron chi connectivity index (χ2n) is 4.50. The van der Waals surface area contributed by atoms with Crippen molar-refractivity contribution in [3.05, 3.63) is 29.8 Å². The Kier molecular flexibility index (Phi) is 8.10. The molecule has 0 amide bonds. The molecule has 0 heterocycles. The lowest BCUT2D eigenvalue weighted by atomic mass is 10.2. The fourth-order valence-corrected chi connectivity index (χ4v) is 1.65. The van der Waals surface area contributed by atoms with Crippen LogP contribution in [-0.4, -0.2) is 39.5 Å². The average Bonchev–Trinajstić information content (AvgIpc) is 2.42. The van der Waals surface area contributed by atoms with Gasteiger partial charge in [0, 0.05) is 32.8 Å². The highest BCUT2D eigenvalue weighted by atomic mass is 19.3. The van der Waals surface area contributed by atoms with Crippen LogP contribution in [0.2, 0.25) is 0 Å². The van der Waals surface area contributed by atoms with Crippen molar-refractivity contribution in [3.8, 4) is 5.75 Å². The van der Waals surface area contributed by atoms with Crippen LogP contribution in [0.1, 0.15) is 12.5 Å². The number of hydrogen-bond donors (Lipinski definition) is 2. The molecule has 20 heavy (non-hydrogen) atoms. The molecular formula is C14H22F2N2O2. The zero-order valence-electron chi connectivity index (χ0n) is 11.9. The van der Waals surface area contributed by atoms with Crippen molar-refractivity contribution in [2.24, 2.45) is 0 Å². The summed E-state index contributed by atoms with van der Waals surface area (Å²) in [5.41, 5.74) is 1.02. The normalized spacial score (nSPS) is 12.7. The molecular weight excluding hydrogens is 266 g/mol. The van der Waals surface area contributed by atoms with E-state index in [2.05, 4.69) is 22.3 Å². The Morgan fingerprint density at radius 3 is 2.50 bits per heavy atom. The smallest absolute Gasteiger partial charge is 0.387 e. The molecule has 0 aliphatic rings. The molecule has 0 bridgehead atoms. The number of nitrogens with one attached hydrogen (secondary N) is 2. The molecule has 0 aliphatic heterocycles. The van der Waals surface area contributed by atoms with Gasteiger partial charge in [-0.2, -0.15) is 8.78 Å². The second kappa shape index (κ2) is 9.63. The molecule has 0 aliphatic carbocycles. The number of benzene rings is 1. The summed E-state index contributed by atoms with van der Waals surface area (Å²) < 4.78 is 33.2. The van der Waals surface area contributed by atoms with Gasteiger partial charge in [0.15, 0.2) is 0 Å². The quantitative estimate of drug-likeness (QED) is 0.646. The molecule has 2 N–H and O–H groups in total. The fourth-order valence-electron chi connectivity index (χ4n) is 1.65. The van der Waals surface area contributed by atoms with Crippen molar-refractivity contribution < 1.29 is 18.3 Å². The summed E-state index contributed by atoms with van der Waals surface area (Å²) in [5.74, 6) is 0.179. The lowest BCUT2D eigenvalue weighted by Crippen LogP contribution is -2.37. The van der Waals surface area contributed by atoms with Gasteiger partial charge in [-0.3, -0.25) is 0 Å². The Bertz CT molecular complexity index is 361. The largest absolute Gasteiger partial charge is 0.435 e. The van der Waals surface area contributed by atoms with E-state index >= 15 is 0 Å². The first-order valence-corrected chi connectivity index (χ1v) is 6.58. The maximum absolute atomic E-state index is 12.0. The van der Waals surface area contributed by atoms with Gasteiger partial charge < -0.3 is 20.1 Å². The van der Waals surface area contributed by atoms with Gasteiger partial charge in [0.25, 0.3) is 0 Å². The SMILES string of the molecule is COCCNCC(C)NCc1ccc(OC(F)F)cc1. The molecule has 1 aromatic carbocycles. The van der Waals surface area contributed by atoms with Crippen molar-refractivity contribution in [3.63, 3.8) is 0 Å². The first kappa shape index (κ1) is 16.8. The predicted octanol–water partition coefficient (Wildman–Crippen LogP) is 2.00. The first-order valence-electron chi connectivity index (χ1n) is 6.58. The molecule has 0 radical (unpaired) electrons. The van der Waals surface area contributed by atoms with E-state index in [1.165, 1.54) is 0 Å². The monoisotopic (exact) mass is 288 g/mol. The van der Waals surface area contributed by atoms with Crippen molar-refractivity contribution >= 4 is 0 Å². The summed E-state index contributed by atoms with van der Waals surface area (Å²) in [4.78, 5) is 0. The molecule has 0 aromatic heterocycles. The molecule has 6 heteroatoms. The van der Waals surface area contributed by atoms with Crippen molar-refractivity contribution in [2.75, 3.05) is 26.8 Å². The van der Waals surface area contributed by atoms with E-state index in [0.29, 0.717) is 19.2 Å². The molecule has 0 saturated heterocycles. The zero-order chi connectivity index (χ0) is 14.8. The molecule has 4 nitrogen and oxygen atoms in total. The third kappa shape index (κ3) is 7.37. The molecule has 1 aromatic rings. The Morgan fingerprint density at radius 2 is 1.90 bits per heavy atom. The van der Waals surface area contributed by atoms with Crippen LogP contribution in [0.5, 0.6) is 5.75 Å². The predicted molar refractivity (Wildman–Crippen MR) is 74.1 cm³/mol. The molecule has 1 rings (SSSR count). The lowest BCUT2D eigenvalue weighted by molar-refractivity contribution is -0.0498. The third-order valence-electron chi connectivity index (χ3n) is 2.74. The van der Waals surface area contributed by atoms with Gasteiger partial charge in [-0.1, -0.05) is 12.1 Å². The molecule has 0 saturated carbocycles. The third-order valence-corrected chi connectivity index (χ3v) is 2.74. The topological polar surface area (TPSA) is 42.5 Å². The number of alkyl halides is 2. The lowest BCUT2D eigenvalue weighted by Gasteiger charge is -2.15. The minimum Gasteiger partial charge on any atom is -0.435 e.